The number of benzene rings is 1. The van der Waals surface area contributed by atoms with E-state index in [1.807, 2.05) is 24.3 Å². The fraction of sp³-hybridized carbons (Fsp3) is 0.733. The van der Waals surface area contributed by atoms with Crippen LogP contribution in [0.3, 0.4) is 0 Å². The lowest BCUT2D eigenvalue weighted by Crippen LogP contribution is -2.31. The first-order chi connectivity index (χ1) is 32.5. The molecule has 1 fully saturated rings. The molecule has 0 saturated carbocycles. The number of amides is 1. The van der Waals surface area contributed by atoms with Crippen molar-refractivity contribution in [2.75, 3.05) is 19.8 Å². The number of hydrogen-bond acceptors (Lipinski definition) is 5. The molecule has 1 atom stereocenters. The summed E-state index contributed by atoms with van der Waals surface area (Å²) < 4.78 is 19.2. The molecular weight excluding hydrogens is 813 g/mol. The molecular formula is C60H102N2O4. The summed E-state index contributed by atoms with van der Waals surface area (Å²) in [7, 11) is 0. The van der Waals surface area contributed by atoms with Gasteiger partial charge in [-0.05, 0) is 133 Å². The Morgan fingerprint density at radius 2 is 1.06 bits per heavy atom. The fourth-order valence-electron chi connectivity index (χ4n) is 8.83. The van der Waals surface area contributed by atoms with Gasteiger partial charge in [-0.2, -0.15) is 0 Å². The minimum absolute atomic E-state index is 0.110. The lowest BCUT2D eigenvalue weighted by Gasteiger charge is -2.28. The van der Waals surface area contributed by atoms with Crippen LogP contribution in [-0.2, 0) is 14.3 Å². The van der Waals surface area contributed by atoms with Gasteiger partial charge in [-0.15, -0.1) is 0 Å². The summed E-state index contributed by atoms with van der Waals surface area (Å²) in [5, 5.41) is 10.8. The Hall–Kier alpha value is -2.96. The van der Waals surface area contributed by atoms with Gasteiger partial charge in [0.1, 0.15) is 5.75 Å². The highest BCUT2D eigenvalue weighted by molar-refractivity contribution is 5.96. The maximum Gasteiger partial charge on any atom is 0.220 e. The van der Waals surface area contributed by atoms with Crippen molar-refractivity contribution in [2.45, 2.75) is 264 Å². The monoisotopic (exact) mass is 915 g/mol. The normalized spacial score (nSPS) is 15.0. The number of allylic oxidation sites excluding steroid dienone is 8. The van der Waals surface area contributed by atoms with E-state index < -0.39 is 0 Å². The molecule has 1 aromatic carbocycles. The van der Waals surface area contributed by atoms with Crippen LogP contribution in [0.5, 0.6) is 5.75 Å². The van der Waals surface area contributed by atoms with Crippen molar-refractivity contribution in [1.29, 1.82) is 5.41 Å². The third kappa shape index (κ3) is 34.3. The highest BCUT2D eigenvalue weighted by Crippen LogP contribution is 2.36. The molecule has 0 spiro atoms. The highest BCUT2D eigenvalue weighted by atomic mass is 16.7. The van der Waals surface area contributed by atoms with Crippen LogP contribution < -0.4 is 10.1 Å². The van der Waals surface area contributed by atoms with Gasteiger partial charge in [0.15, 0.2) is 5.79 Å². The molecule has 2 rings (SSSR count). The summed E-state index contributed by atoms with van der Waals surface area (Å²) in [5.41, 5.74) is 1.44. The first kappa shape index (κ1) is 59.2. The summed E-state index contributed by atoms with van der Waals surface area (Å²) in [6.07, 6.45) is 62.6. The van der Waals surface area contributed by atoms with E-state index in [1.165, 1.54) is 180 Å². The van der Waals surface area contributed by atoms with E-state index in [4.69, 9.17) is 19.6 Å². The fourth-order valence-corrected chi connectivity index (χ4v) is 8.83. The SMILES string of the molecule is CCCCC/C=C\C/C=C\CCCCCCCCC1(CCCCCCCC/C=C\C/C=C\CCCCC)OCC(CCCCCCCCCNC(=O)CCCOc2ccc(C(C)=N)cc2)O1. The smallest absolute Gasteiger partial charge is 0.220 e. The predicted molar refractivity (Wildman–Crippen MR) is 285 cm³/mol. The minimum Gasteiger partial charge on any atom is -0.494 e. The predicted octanol–water partition coefficient (Wildman–Crippen LogP) is 18.0. The molecule has 1 unspecified atom stereocenters. The molecule has 376 valence electrons. The van der Waals surface area contributed by atoms with Gasteiger partial charge in [0.2, 0.25) is 5.91 Å². The molecule has 0 aliphatic carbocycles. The quantitative estimate of drug-likeness (QED) is 0.0388. The van der Waals surface area contributed by atoms with Crippen molar-refractivity contribution < 1.29 is 19.0 Å². The van der Waals surface area contributed by atoms with Gasteiger partial charge in [0.25, 0.3) is 0 Å². The van der Waals surface area contributed by atoms with E-state index >= 15 is 0 Å². The topological polar surface area (TPSA) is 80.6 Å². The van der Waals surface area contributed by atoms with Gasteiger partial charge in [-0.3, -0.25) is 4.79 Å². The van der Waals surface area contributed by atoms with Gasteiger partial charge in [-0.1, -0.05) is 178 Å². The molecule has 6 heteroatoms. The van der Waals surface area contributed by atoms with E-state index in [9.17, 15) is 4.79 Å². The van der Waals surface area contributed by atoms with Crippen LogP contribution in [-0.4, -0.2) is 43.3 Å². The molecule has 0 radical (unpaired) electrons. The Kier molecular flexibility index (Phi) is 38.8. The Morgan fingerprint density at radius 3 is 1.56 bits per heavy atom. The van der Waals surface area contributed by atoms with E-state index in [1.54, 1.807) is 6.92 Å². The minimum atomic E-state index is -0.355. The summed E-state index contributed by atoms with van der Waals surface area (Å²) >= 11 is 0. The standard InChI is InChI=1S/C60H102N2O4/c1-4-6-8-10-12-14-16-18-20-22-24-26-28-32-36-40-50-60(51-41-37-33-29-27-25-23-21-19-17-15-13-11-9-7-5-2)65-54-58(66-60)44-39-35-31-30-34-38-42-52-62-59(63)45-43-53-64-57-48-46-56(47-49-57)55(3)61/h12-15,18-21,46-49,58,61H,4-11,16-17,22-45,50-54H2,1-3H3,(H,62,63)/b14-12-,15-13-,20-18-,21-19-,61-55?. The second-order valence-electron chi connectivity index (χ2n) is 19.3. The van der Waals surface area contributed by atoms with E-state index in [0.717, 1.165) is 63.0 Å². The van der Waals surface area contributed by atoms with Crippen molar-refractivity contribution in [2.24, 2.45) is 0 Å². The molecule has 1 heterocycles. The van der Waals surface area contributed by atoms with Crippen LogP contribution >= 0.6 is 0 Å². The van der Waals surface area contributed by atoms with Crippen LogP contribution in [0.15, 0.2) is 72.9 Å². The summed E-state index contributed by atoms with van der Waals surface area (Å²) in [6.45, 7) is 8.36. The number of hydrogen-bond donors (Lipinski definition) is 2. The van der Waals surface area contributed by atoms with Crippen molar-refractivity contribution in [3.8, 4) is 5.75 Å². The second-order valence-corrected chi connectivity index (χ2v) is 19.3. The largest absolute Gasteiger partial charge is 0.494 e. The Balaban J connectivity index is 1.57. The third-order valence-electron chi connectivity index (χ3n) is 13.1. The number of carbonyl (C=O) groups excluding carboxylic acids is 1. The van der Waals surface area contributed by atoms with Gasteiger partial charge < -0.3 is 24.9 Å². The summed E-state index contributed by atoms with van der Waals surface area (Å²) in [6, 6.07) is 7.57. The molecule has 2 N–H and O–H groups in total. The molecule has 66 heavy (non-hydrogen) atoms. The lowest BCUT2D eigenvalue weighted by molar-refractivity contribution is -0.180. The molecule has 6 nitrogen and oxygen atoms in total. The zero-order valence-corrected chi connectivity index (χ0v) is 43.2. The second kappa shape index (κ2) is 43.3. The van der Waals surface area contributed by atoms with E-state index in [-0.39, 0.29) is 17.8 Å². The number of rotatable bonds is 46. The summed E-state index contributed by atoms with van der Waals surface area (Å²) in [4.78, 5) is 12.3. The van der Waals surface area contributed by atoms with Gasteiger partial charge in [0, 0.05) is 31.5 Å². The van der Waals surface area contributed by atoms with Crippen LogP contribution in [0, 0.1) is 5.41 Å². The van der Waals surface area contributed by atoms with Crippen LogP contribution in [0.1, 0.15) is 257 Å². The number of ether oxygens (including phenoxy) is 3. The average molecular weight is 915 g/mol. The first-order valence-electron chi connectivity index (χ1n) is 27.9. The molecule has 1 aromatic rings. The number of carbonyl (C=O) groups is 1. The van der Waals surface area contributed by atoms with E-state index in [0.29, 0.717) is 25.2 Å². The van der Waals surface area contributed by atoms with Crippen molar-refractivity contribution >= 4 is 11.6 Å². The molecule has 1 saturated heterocycles. The van der Waals surface area contributed by atoms with Crippen LogP contribution in [0.2, 0.25) is 0 Å². The number of nitrogens with one attached hydrogen (secondary N) is 2. The maximum atomic E-state index is 12.3. The van der Waals surface area contributed by atoms with Gasteiger partial charge in [0.05, 0.1) is 19.3 Å². The Morgan fingerprint density at radius 1 is 0.606 bits per heavy atom. The van der Waals surface area contributed by atoms with E-state index in [2.05, 4.69) is 67.8 Å². The van der Waals surface area contributed by atoms with Gasteiger partial charge >= 0.3 is 0 Å². The first-order valence-corrected chi connectivity index (χ1v) is 27.9. The molecule has 1 amide bonds. The molecule has 1 aliphatic heterocycles. The summed E-state index contributed by atoms with van der Waals surface area (Å²) in [5.74, 6) is 0.538. The van der Waals surface area contributed by atoms with Crippen LogP contribution in [0.4, 0.5) is 0 Å². The Labute approximate surface area is 407 Å². The molecule has 1 aliphatic rings. The zero-order valence-electron chi connectivity index (χ0n) is 43.2. The Bertz CT molecular complexity index is 1350. The third-order valence-corrected chi connectivity index (χ3v) is 13.1. The van der Waals surface area contributed by atoms with Crippen molar-refractivity contribution in [3.05, 3.63) is 78.4 Å². The number of unbranched alkanes of at least 4 members (excludes halogenated alkanes) is 24. The van der Waals surface area contributed by atoms with Crippen molar-refractivity contribution in [3.63, 3.8) is 0 Å². The zero-order chi connectivity index (χ0) is 47.3. The lowest BCUT2D eigenvalue weighted by atomic mass is 9.98. The molecule has 0 bridgehead atoms. The average Bonchev–Trinajstić information content (AvgIpc) is 3.73. The maximum absolute atomic E-state index is 12.3. The molecule has 0 aromatic heterocycles. The highest BCUT2D eigenvalue weighted by Gasteiger charge is 2.40. The van der Waals surface area contributed by atoms with Gasteiger partial charge in [-0.25, -0.2) is 0 Å². The van der Waals surface area contributed by atoms with Crippen LogP contribution in [0.25, 0.3) is 0 Å². The van der Waals surface area contributed by atoms with Crippen molar-refractivity contribution in [1.82, 2.24) is 5.32 Å².